The summed E-state index contributed by atoms with van der Waals surface area (Å²) < 4.78 is 14.0. The number of hydrogen-bond donors (Lipinski definition) is 1. The summed E-state index contributed by atoms with van der Waals surface area (Å²) in [5.41, 5.74) is 5.36. The molecule has 3 aromatic rings. The van der Waals surface area contributed by atoms with Gasteiger partial charge in [-0.25, -0.2) is 4.39 Å². The Morgan fingerprint density at radius 1 is 1.07 bits per heavy atom. The van der Waals surface area contributed by atoms with E-state index in [4.69, 9.17) is 0 Å². The van der Waals surface area contributed by atoms with Gasteiger partial charge >= 0.3 is 0 Å². The summed E-state index contributed by atoms with van der Waals surface area (Å²) in [4.78, 5) is 16.9. The van der Waals surface area contributed by atoms with Crippen LogP contribution in [0.1, 0.15) is 35.6 Å². The van der Waals surface area contributed by atoms with Crippen LogP contribution >= 0.6 is 0 Å². The molecule has 0 spiro atoms. The van der Waals surface area contributed by atoms with Crippen molar-refractivity contribution in [3.8, 4) is 11.1 Å². The molecule has 1 atom stereocenters. The number of halogens is 1. The van der Waals surface area contributed by atoms with Gasteiger partial charge in [0, 0.05) is 35.5 Å². The van der Waals surface area contributed by atoms with E-state index in [2.05, 4.69) is 28.5 Å². The zero-order valence-corrected chi connectivity index (χ0v) is 15.7. The molecule has 2 bridgehead atoms. The first-order valence-corrected chi connectivity index (χ1v) is 9.37. The SMILES string of the molecule is Cc1ccc(C2C/C=C/CC(=O)Nc3ccc(F)cc3-c3cccc2c3)nc1. The molecular weight excluding hydrogens is 351 g/mol. The van der Waals surface area contributed by atoms with Crippen molar-refractivity contribution >= 4 is 11.6 Å². The molecule has 1 aliphatic heterocycles. The van der Waals surface area contributed by atoms with Gasteiger partial charge in [0.25, 0.3) is 0 Å². The average molecular weight is 372 g/mol. The predicted molar refractivity (Wildman–Crippen MR) is 110 cm³/mol. The van der Waals surface area contributed by atoms with Crippen molar-refractivity contribution < 1.29 is 9.18 Å². The summed E-state index contributed by atoms with van der Waals surface area (Å²) in [5, 5.41) is 2.89. The number of hydrogen-bond acceptors (Lipinski definition) is 2. The van der Waals surface area contributed by atoms with Crippen LogP contribution in [-0.4, -0.2) is 10.9 Å². The molecule has 4 rings (SSSR count). The number of aryl methyl sites for hydroxylation is 1. The van der Waals surface area contributed by atoms with Crippen LogP contribution in [0.25, 0.3) is 11.1 Å². The molecule has 0 aliphatic carbocycles. The smallest absolute Gasteiger partial charge is 0.228 e. The van der Waals surface area contributed by atoms with Gasteiger partial charge in [-0.05, 0) is 54.3 Å². The normalized spacial score (nSPS) is 17.6. The van der Waals surface area contributed by atoms with Crippen molar-refractivity contribution in [2.24, 2.45) is 0 Å². The first-order valence-electron chi connectivity index (χ1n) is 9.37. The molecule has 3 nitrogen and oxygen atoms in total. The van der Waals surface area contributed by atoms with Gasteiger partial charge in [0.2, 0.25) is 5.91 Å². The van der Waals surface area contributed by atoms with Crippen LogP contribution in [0.15, 0.2) is 72.9 Å². The maximum absolute atomic E-state index is 14.0. The second-order valence-electron chi connectivity index (χ2n) is 7.09. The summed E-state index contributed by atoms with van der Waals surface area (Å²) in [6.07, 6.45) is 6.80. The van der Waals surface area contributed by atoms with E-state index in [1.54, 1.807) is 6.07 Å². The number of amides is 1. The monoisotopic (exact) mass is 372 g/mol. The highest BCUT2D eigenvalue weighted by Crippen LogP contribution is 2.34. The molecule has 0 saturated heterocycles. The van der Waals surface area contributed by atoms with E-state index in [-0.39, 0.29) is 24.1 Å². The summed E-state index contributed by atoms with van der Waals surface area (Å²) in [5.74, 6) is -0.385. The highest BCUT2D eigenvalue weighted by Gasteiger charge is 2.17. The second-order valence-corrected chi connectivity index (χ2v) is 7.09. The molecular formula is C24H21FN2O. The molecule has 1 N–H and O–H groups in total. The van der Waals surface area contributed by atoms with E-state index in [0.29, 0.717) is 11.3 Å². The summed E-state index contributed by atoms with van der Waals surface area (Å²) >= 11 is 0. The van der Waals surface area contributed by atoms with Crippen molar-refractivity contribution in [1.29, 1.82) is 0 Å². The zero-order valence-electron chi connectivity index (χ0n) is 15.7. The third-order valence-corrected chi connectivity index (χ3v) is 4.99. The van der Waals surface area contributed by atoms with Crippen LogP contribution in [-0.2, 0) is 4.79 Å². The Kier molecular flexibility index (Phi) is 5.02. The van der Waals surface area contributed by atoms with Crippen LogP contribution < -0.4 is 5.32 Å². The number of anilines is 1. The van der Waals surface area contributed by atoms with Gasteiger partial charge in [0.15, 0.2) is 0 Å². The molecule has 0 saturated carbocycles. The fourth-order valence-corrected chi connectivity index (χ4v) is 3.52. The quantitative estimate of drug-likeness (QED) is 0.564. The fraction of sp³-hybridized carbons (Fsp3) is 0.167. The number of pyridine rings is 1. The molecule has 1 amide bonds. The first-order chi connectivity index (χ1) is 13.6. The number of aromatic nitrogens is 1. The number of benzene rings is 2. The highest BCUT2D eigenvalue weighted by atomic mass is 19.1. The number of allylic oxidation sites excluding steroid dienone is 1. The second kappa shape index (κ2) is 7.77. The minimum absolute atomic E-state index is 0.0660. The molecule has 0 radical (unpaired) electrons. The van der Waals surface area contributed by atoms with Crippen LogP contribution in [0.2, 0.25) is 0 Å². The minimum atomic E-state index is -0.331. The van der Waals surface area contributed by atoms with Gasteiger partial charge in [-0.2, -0.15) is 0 Å². The van der Waals surface area contributed by atoms with E-state index in [9.17, 15) is 9.18 Å². The number of fused-ring (bicyclic) bond motifs is 4. The van der Waals surface area contributed by atoms with Crippen LogP contribution in [0.5, 0.6) is 0 Å². The molecule has 1 aromatic heterocycles. The first kappa shape index (κ1) is 18.1. The number of carbonyl (C=O) groups excluding carboxylic acids is 1. The summed E-state index contributed by atoms with van der Waals surface area (Å²) in [6.45, 7) is 2.02. The Bertz CT molecular complexity index is 1040. The molecule has 2 aromatic carbocycles. The van der Waals surface area contributed by atoms with Gasteiger partial charge in [-0.1, -0.05) is 42.5 Å². The van der Waals surface area contributed by atoms with E-state index in [1.807, 2.05) is 43.5 Å². The lowest BCUT2D eigenvalue weighted by molar-refractivity contribution is -0.115. The Hall–Kier alpha value is -3.27. The largest absolute Gasteiger partial charge is 0.325 e. The average Bonchev–Trinajstić information content (AvgIpc) is 2.70. The molecule has 28 heavy (non-hydrogen) atoms. The third kappa shape index (κ3) is 3.86. The van der Waals surface area contributed by atoms with Gasteiger partial charge in [0.05, 0.1) is 0 Å². The van der Waals surface area contributed by atoms with Crippen molar-refractivity contribution in [3.05, 3.63) is 95.6 Å². The van der Waals surface area contributed by atoms with Crippen LogP contribution in [0, 0.1) is 12.7 Å². The molecule has 140 valence electrons. The zero-order chi connectivity index (χ0) is 19.5. The molecule has 0 fully saturated rings. The Morgan fingerprint density at radius 3 is 2.79 bits per heavy atom. The number of carbonyl (C=O) groups is 1. The van der Waals surface area contributed by atoms with Gasteiger partial charge in [-0.15, -0.1) is 0 Å². The summed E-state index contributed by atoms with van der Waals surface area (Å²) in [6, 6.07) is 16.6. The molecule has 1 aliphatic rings. The molecule has 4 heteroatoms. The number of nitrogens with zero attached hydrogens (tertiary/aromatic N) is 1. The molecule has 2 heterocycles. The van der Waals surface area contributed by atoms with Crippen molar-refractivity contribution in [2.75, 3.05) is 5.32 Å². The standard InChI is InChI=1S/C24H21FN2O/c1-16-9-11-22(26-15-16)20-7-2-3-8-24(28)27-23-12-10-19(25)14-21(23)18-6-4-5-17(20)13-18/h2-6,9-15,20H,7-8H2,1H3,(H,27,28)/b3-2+. The fourth-order valence-electron chi connectivity index (χ4n) is 3.52. The van der Waals surface area contributed by atoms with Gasteiger partial charge < -0.3 is 5.32 Å². The topological polar surface area (TPSA) is 42.0 Å². The lowest BCUT2D eigenvalue weighted by Gasteiger charge is -2.18. The lowest BCUT2D eigenvalue weighted by Crippen LogP contribution is -2.11. The van der Waals surface area contributed by atoms with Crippen molar-refractivity contribution in [3.63, 3.8) is 0 Å². The Labute approximate surface area is 164 Å². The van der Waals surface area contributed by atoms with E-state index < -0.39 is 0 Å². The van der Waals surface area contributed by atoms with Gasteiger partial charge in [0.1, 0.15) is 5.82 Å². The highest BCUT2D eigenvalue weighted by molar-refractivity contribution is 5.96. The Balaban J connectivity index is 1.86. The van der Waals surface area contributed by atoms with Crippen molar-refractivity contribution in [1.82, 2.24) is 4.98 Å². The predicted octanol–water partition coefficient (Wildman–Crippen LogP) is 5.62. The van der Waals surface area contributed by atoms with E-state index in [0.717, 1.165) is 28.8 Å². The number of nitrogens with one attached hydrogen (secondary N) is 1. The van der Waals surface area contributed by atoms with Crippen LogP contribution in [0.4, 0.5) is 10.1 Å². The van der Waals surface area contributed by atoms with Gasteiger partial charge in [-0.3, -0.25) is 9.78 Å². The van der Waals surface area contributed by atoms with Crippen molar-refractivity contribution in [2.45, 2.75) is 25.7 Å². The van der Waals surface area contributed by atoms with E-state index in [1.165, 1.54) is 12.1 Å². The molecule has 1 unspecified atom stereocenters. The lowest BCUT2D eigenvalue weighted by atomic mass is 9.89. The van der Waals surface area contributed by atoms with E-state index >= 15 is 0 Å². The maximum Gasteiger partial charge on any atom is 0.228 e. The third-order valence-electron chi connectivity index (χ3n) is 4.99. The summed E-state index contributed by atoms with van der Waals surface area (Å²) in [7, 11) is 0. The maximum atomic E-state index is 14.0. The minimum Gasteiger partial charge on any atom is -0.325 e. The number of rotatable bonds is 1. The Morgan fingerprint density at radius 2 is 1.96 bits per heavy atom. The van der Waals surface area contributed by atoms with Crippen LogP contribution in [0.3, 0.4) is 0 Å².